The van der Waals surface area contributed by atoms with Gasteiger partial charge in [-0.25, -0.2) is 0 Å². The van der Waals surface area contributed by atoms with E-state index in [1.165, 1.54) is 16.7 Å². The average molecular weight is 774 g/mol. The first-order valence-electron chi connectivity index (χ1n) is 15.2. The van der Waals surface area contributed by atoms with Crippen LogP contribution in [0.4, 0.5) is 0 Å². The number of para-hydroxylation sites is 2. The number of nitrogens with zero attached hydrogens (tertiary/aromatic N) is 3. The van der Waals surface area contributed by atoms with Gasteiger partial charge >= 0.3 is 0 Å². The smallest absolute Gasteiger partial charge is 0.0774 e. The van der Waals surface area contributed by atoms with E-state index in [1.807, 2.05) is 60.7 Å². The molecule has 8 aromatic rings. The molecule has 0 N–H and O–H groups in total. The van der Waals surface area contributed by atoms with Crippen molar-refractivity contribution in [3.8, 4) is 39.5 Å². The van der Waals surface area contributed by atoms with Gasteiger partial charge in [0, 0.05) is 43.8 Å². The van der Waals surface area contributed by atoms with Gasteiger partial charge in [0.2, 0.25) is 0 Å². The van der Waals surface area contributed by atoms with Gasteiger partial charge < -0.3 is 14.0 Å². The first-order chi connectivity index (χ1) is 22.3. The number of imidazole rings is 1. The number of aryl methyl sites for hydroxylation is 1. The summed E-state index contributed by atoms with van der Waals surface area (Å²) in [6.45, 7) is 2.20. The molecule has 8 rings (SSSR count). The molecule has 46 heavy (non-hydrogen) atoms. The molecule has 0 saturated heterocycles. The molecule has 5 aromatic carbocycles. The molecular formula is C41H31IrN3O-2. The van der Waals surface area contributed by atoms with Crippen LogP contribution in [0.3, 0.4) is 0 Å². The van der Waals surface area contributed by atoms with Gasteiger partial charge in [0.1, 0.15) is 0 Å². The minimum Gasteiger partial charge on any atom is -0.557 e. The number of rotatable bonds is 6. The average Bonchev–Trinajstić information content (AvgIpc) is 3.71. The van der Waals surface area contributed by atoms with Crippen LogP contribution in [0.1, 0.15) is 18.9 Å². The first kappa shape index (κ1) is 30.9. The van der Waals surface area contributed by atoms with Crippen LogP contribution in [0.15, 0.2) is 150 Å². The topological polar surface area (TPSA) is 43.9 Å². The summed E-state index contributed by atoms with van der Waals surface area (Å²) in [7, 11) is 0. The van der Waals surface area contributed by atoms with Gasteiger partial charge in [-0.05, 0) is 53.6 Å². The van der Waals surface area contributed by atoms with Crippen LogP contribution in [0.25, 0.3) is 61.5 Å². The first-order valence-corrected chi connectivity index (χ1v) is 15.2. The predicted octanol–water partition coefficient (Wildman–Crippen LogP) is 10.4. The van der Waals surface area contributed by atoms with Gasteiger partial charge in [0.05, 0.1) is 16.9 Å². The fraction of sp³-hybridized carbons (Fsp3) is 0.0732. The molecule has 0 aliphatic heterocycles. The number of hydrogen-bond donors (Lipinski definition) is 0. The minimum atomic E-state index is 0. The third-order valence-corrected chi connectivity index (χ3v) is 7.78. The molecule has 0 atom stereocenters. The maximum atomic E-state index is 5.82. The van der Waals surface area contributed by atoms with Gasteiger partial charge in [0.15, 0.2) is 0 Å². The standard InChI is InChI=1S/C30H23N2O.C11H8N.Ir/c1-2-8-21-13-18-29-25(19-21)26(20-33-29)30-31-27-11-6-7-12-28(27)32(30)24-16-14-23(15-17-24)22-9-4-3-5-10-22;1-2-6-10(7-3-1)11-8-4-5-9-12-11;/h3-7,9-19H,2,8H2,1H3;1-6,8-9H;/q2*-1;. The molecule has 0 saturated carbocycles. The second-order valence-corrected chi connectivity index (χ2v) is 10.8. The molecule has 4 nitrogen and oxygen atoms in total. The molecule has 0 unspecified atom stereocenters. The van der Waals surface area contributed by atoms with Crippen LogP contribution in [0, 0.1) is 12.3 Å². The van der Waals surface area contributed by atoms with Crippen molar-refractivity contribution < 1.29 is 24.5 Å². The Hall–Kier alpha value is -5.09. The Morgan fingerprint density at radius 1 is 0.739 bits per heavy atom. The van der Waals surface area contributed by atoms with E-state index in [0.29, 0.717) is 0 Å². The molecule has 0 spiro atoms. The minimum absolute atomic E-state index is 0. The third-order valence-electron chi connectivity index (χ3n) is 7.78. The quantitative estimate of drug-likeness (QED) is 0.158. The number of fused-ring (bicyclic) bond motifs is 2. The summed E-state index contributed by atoms with van der Waals surface area (Å²) >= 11 is 0. The summed E-state index contributed by atoms with van der Waals surface area (Å²) in [4.78, 5) is 9.23. The van der Waals surface area contributed by atoms with Crippen molar-refractivity contribution in [2.24, 2.45) is 0 Å². The Morgan fingerprint density at radius 3 is 2.26 bits per heavy atom. The van der Waals surface area contributed by atoms with Crippen molar-refractivity contribution >= 4 is 22.0 Å². The summed E-state index contributed by atoms with van der Waals surface area (Å²) in [6, 6.07) is 50.6. The predicted molar refractivity (Wildman–Crippen MR) is 183 cm³/mol. The number of hydrogen-bond acceptors (Lipinski definition) is 3. The van der Waals surface area contributed by atoms with E-state index in [2.05, 4.69) is 108 Å². The van der Waals surface area contributed by atoms with Crippen LogP contribution in [0.5, 0.6) is 0 Å². The van der Waals surface area contributed by atoms with E-state index >= 15 is 0 Å². The van der Waals surface area contributed by atoms with E-state index in [-0.39, 0.29) is 20.1 Å². The summed E-state index contributed by atoms with van der Waals surface area (Å²) in [5, 5.41) is 1.05. The van der Waals surface area contributed by atoms with E-state index in [9.17, 15) is 0 Å². The normalized spacial score (nSPS) is 10.7. The maximum absolute atomic E-state index is 5.82. The number of aromatic nitrogens is 3. The molecule has 0 aliphatic rings. The molecule has 0 aliphatic carbocycles. The van der Waals surface area contributed by atoms with Crippen LogP contribution < -0.4 is 0 Å². The summed E-state index contributed by atoms with van der Waals surface area (Å²) in [5.74, 6) is 0.844. The second kappa shape index (κ2) is 14.3. The maximum Gasteiger partial charge on any atom is 0.0774 e. The Balaban J connectivity index is 0.000000241. The molecular weight excluding hydrogens is 743 g/mol. The van der Waals surface area contributed by atoms with Crippen molar-refractivity contribution in [1.82, 2.24) is 14.5 Å². The van der Waals surface area contributed by atoms with Gasteiger partial charge in [0.25, 0.3) is 0 Å². The van der Waals surface area contributed by atoms with Crippen LogP contribution in [0.2, 0.25) is 0 Å². The van der Waals surface area contributed by atoms with Crippen LogP contribution in [-0.2, 0) is 26.5 Å². The molecule has 0 bridgehead atoms. The zero-order valence-electron chi connectivity index (χ0n) is 25.4. The summed E-state index contributed by atoms with van der Waals surface area (Å²) in [5.41, 5.74) is 10.5. The summed E-state index contributed by atoms with van der Waals surface area (Å²) < 4.78 is 8.03. The number of benzene rings is 5. The fourth-order valence-corrected chi connectivity index (χ4v) is 5.60. The fourth-order valence-electron chi connectivity index (χ4n) is 5.60. The van der Waals surface area contributed by atoms with Gasteiger partial charge in [-0.1, -0.05) is 115 Å². The molecule has 1 radical (unpaired) electrons. The summed E-state index contributed by atoms with van der Waals surface area (Å²) in [6.07, 6.45) is 7.08. The Bertz CT molecular complexity index is 2120. The molecule has 3 aromatic heterocycles. The molecule has 5 heteroatoms. The Kier molecular flexibility index (Phi) is 9.64. The van der Waals surface area contributed by atoms with Gasteiger partial charge in [-0.15, -0.1) is 35.9 Å². The van der Waals surface area contributed by atoms with Crippen LogP contribution >= 0.6 is 0 Å². The third kappa shape index (κ3) is 6.48. The SMILES string of the molecule is CCCc1ccc2o[c-]c(-c3nc4ccccc4n3-c3ccc(-c4ccccc4)cc3)c2c1.[Ir].[c-]1ccccc1-c1ccccn1. The van der Waals surface area contributed by atoms with Crippen LogP contribution in [-0.4, -0.2) is 14.5 Å². The van der Waals surface area contributed by atoms with Crippen molar-refractivity contribution in [2.75, 3.05) is 0 Å². The zero-order valence-corrected chi connectivity index (χ0v) is 27.7. The van der Waals surface area contributed by atoms with E-state index in [4.69, 9.17) is 9.40 Å². The molecule has 227 valence electrons. The molecule has 0 amide bonds. The zero-order chi connectivity index (χ0) is 30.4. The van der Waals surface area contributed by atoms with Gasteiger partial charge in [-0.3, -0.25) is 4.98 Å². The molecule has 0 fully saturated rings. The van der Waals surface area contributed by atoms with Crippen molar-refractivity contribution in [2.45, 2.75) is 19.8 Å². The van der Waals surface area contributed by atoms with E-state index < -0.39 is 0 Å². The second-order valence-electron chi connectivity index (χ2n) is 10.8. The van der Waals surface area contributed by atoms with Crippen molar-refractivity contribution in [3.63, 3.8) is 0 Å². The Morgan fingerprint density at radius 2 is 1.50 bits per heavy atom. The monoisotopic (exact) mass is 774 g/mol. The van der Waals surface area contributed by atoms with Crippen molar-refractivity contribution in [3.05, 3.63) is 164 Å². The largest absolute Gasteiger partial charge is 0.557 e. The molecule has 3 heterocycles. The van der Waals surface area contributed by atoms with Gasteiger partial charge in [-0.2, -0.15) is 0 Å². The van der Waals surface area contributed by atoms with E-state index in [1.54, 1.807) is 6.20 Å². The Labute approximate surface area is 282 Å². The van der Waals surface area contributed by atoms with E-state index in [0.717, 1.165) is 63.2 Å². The number of furan rings is 1. The number of pyridine rings is 1. The van der Waals surface area contributed by atoms with Crippen molar-refractivity contribution in [1.29, 1.82) is 0 Å².